The molecule has 0 aliphatic rings. The monoisotopic (exact) mass is 288 g/mol. The lowest BCUT2D eigenvalue weighted by molar-refractivity contribution is 0.397. The van der Waals surface area contributed by atoms with E-state index < -0.39 is 0 Å². The van der Waals surface area contributed by atoms with Gasteiger partial charge in [0.1, 0.15) is 0 Å². The normalized spacial score (nSPS) is 10.9. The summed E-state index contributed by atoms with van der Waals surface area (Å²) < 4.78 is 7.05. The molecule has 102 valence electrons. The zero-order valence-electron chi connectivity index (χ0n) is 10.9. The van der Waals surface area contributed by atoms with Crippen molar-refractivity contribution < 1.29 is 4.74 Å². The molecular formula is C14H13ClN4O. The first-order valence-electron chi connectivity index (χ1n) is 6.07. The zero-order chi connectivity index (χ0) is 14.1. The minimum atomic E-state index is 0.457. The highest BCUT2D eigenvalue weighted by atomic mass is 35.5. The summed E-state index contributed by atoms with van der Waals surface area (Å²) in [6.45, 7) is 0.600. The average Bonchev–Trinajstić information content (AvgIpc) is 2.74. The Balaban J connectivity index is 2.03. The summed E-state index contributed by atoms with van der Waals surface area (Å²) in [6.07, 6.45) is 1.71. The molecule has 5 nitrogen and oxygen atoms in total. The van der Waals surface area contributed by atoms with E-state index in [0.717, 1.165) is 16.6 Å². The maximum absolute atomic E-state index is 5.98. The summed E-state index contributed by atoms with van der Waals surface area (Å²) in [5.74, 6) is 1.03. The van der Waals surface area contributed by atoms with Crippen LogP contribution in [-0.2, 0) is 6.54 Å². The van der Waals surface area contributed by atoms with Gasteiger partial charge in [-0.1, -0.05) is 11.6 Å². The maximum Gasteiger partial charge on any atom is 0.213 e. The Bertz CT molecular complexity index is 769. The predicted molar refractivity (Wildman–Crippen MR) is 79.0 cm³/mol. The van der Waals surface area contributed by atoms with Gasteiger partial charge in [-0.05, 0) is 29.8 Å². The number of ether oxygens (including phenoxy) is 1. The Hall–Kier alpha value is -2.27. The number of halogens is 1. The molecule has 0 bridgehead atoms. The van der Waals surface area contributed by atoms with E-state index in [-0.39, 0.29) is 0 Å². The first-order valence-corrected chi connectivity index (χ1v) is 6.45. The van der Waals surface area contributed by atoms with Crippen LogP contribution >= 0.6 is 11.6 Å². The molecule has 6 heteroatoms. The van der Waals surface area contributed by atoms with Crippen molar-refractivity contribution in [3.05, 3.63) is 47.1 Å². The Morgan fingerprint density at radius 1 is 1.30 bits per heavy atom. The fourth-order valence-electron chi connectivity index (χ4n) is 2.13. The van der Waals surface area contributed by atoms with E-state index in [9.17, 15) is 0 Å². The topological polar surface area (TPSA) is 66.0 Å². The number of nitrogens with zero attached hydrogens (tertiary/aromatic N) is 3. The second-order valence-electron chi connectivity index (χ2n) is 4.40. The van der Waals surface area contributed by atoms with Gasteiger partial charge in [-0.3, -0.25) is 0 Å². The number of fused-ring (bicyclic) bond motifs is 1. The lowest BCUT2D eigenvalue weighted by Gasteiger charge is -2.07. The average molecular weight is 289 g/mol. The van der Waals surface area contributed by atoms with E-state index in [1.165, 1.54) is 0 Å². The molecule has 0 saturated heterocycles. The second kappa shape index (κ2) is 5.02. The maximum atomic E-state index is 5.98. The van der Waals surface area contributed by atoms with E-state index >= 15 is 0 Å². The van der Waals surface area contributed by atoms with Crippen LogP contribution < -0.4 is 10.5 Å². The molecule has 0 amide bonds. The highest BCUT2D eigenvalue weighted by Crippen LogP contribution is 2.23. The summed E-state index contributed by atoms with van der Waals surface area (Å²) >= 11 is 5.97. The molecule has 0 fully saturated rings. The number of pyridine rings is 1. The Kier molecular flexibility index (Phi) is 3.20. The molecule has 3 rings (SSSR count). The highest BCUT2D eigenvalue weighted by Gasteiger charge is 2.09. The van der Waals surface area contributed by atoms with E-state index in [0.29, 0.717) is 23.4 Å². The number of hydrogen-bond donors (Lipinski definition) is 1. The third-order valence-electron chi connectivity index (χ3n) is 3.09. The molecule has 20 heavy (non-hydrogen) atoms. The Morgan fingerprint density at radius 3 is 2.95 bits per heavy atom. The van der Waals surface area contributed by atoms with Gasteiger partial charge in [-0.15, -0.1) is 0 Å². The summed E-state index contributed by atoms with van der Waals surface area (Å²) in [5.41, 5.74) is 8.76. The molecule has 3 aromatic rings. The fraction of sp³-hybridized carbons (Fsp3) is 0.143. The molecule has 1 aromatic carbocycles. The number of anilines is 1. The minimum absolute atomic E-state index is 0.457. The molecule has 2 heterocycles. The van der Waals surface area contributed by atoms with Gasteiger partial charge in [-0.2, -0.15) is 0 Å². The Labute approximate surface area is 121 Å². The van der Waals surface area contributed by atoms with E-state index in [1.807, 2.05) is 28.8 Å². The van der Waals surface area contributed by atoms with Crippen LogP contribution in [0.1, 0.15) is 5.56 Å². The molecule has 0 aliphatic carbocycles. The molecular weight excluding hydrogens is 276 g/mol. The lowest BCUT2D eigenvalue weighted by Crippen LogP contribution is -2.05. The molecule has 0 atom stereocenters. The van der Waals surface area contributed by atoms with Crippen LogP contribution in [0.15, 0.2) is 36.5 Å². The van der Waals surface area contributed by atoms with Gasteiger partial charge in [0.05, 0.1) is 24.7 Å². The fourth-order valence-corrected chi connectivity index (χ4v) is 2.30. The van der Waals surface area contributed by atoms with Crippen LogP contribution in [-0.4, -0.2) is 21.6 Å². The van der Waals surface area contributed by atoms with Crippen LogP contribution in [0.5, 0.6) is 5.88 Å². The van der Waals surface area contributed by atoms with E-state index in [4.69, 9.17) is 22.1 Å². The van der Waals surface area contributed by atoms with Gasteiger partial charge in [0.2, 0.25) is 11.8 Å². The number of methoxy groups -OCH3 is 1. The van der Waals surface area contributed by atoms with E-state index in [2.05, 4.69) is 9.97 Å². The number of hydrogen-bond acceptors (Lipinski definition) is 4. The number of aromatic nitrogens is 3. The first kappa shape index (κ1) is 12.7. The van der Waals surface area contributed by atoms with Gasteiger partial charge in [-0.25, -0.2) is 9.97 Å². The van der Waals surface area contributed by atoms with Crippen LogP contribution in [0, 0.1) is 0 Å². The van der Waals surface area contributed by atoms with Gasteiger partial charge in [0.25, 0.3) is 0 Å². The van der Waals surface area contributed by atoms with Crippen LogP contribution in [0.4, 0.5) is 5.95 Å². The van der Waals surface area contributed by atoms with Gasteiger partial charge < -0.3 is 15.0 Å². The zero-order valence-corrected chi connectivity index (χ0v) is 11.6. The van der Waals surface area contributed by atoms with Gasteiger partial charge in [0, 0.05) is 17.3 Å². The summed E-state index contributed by atoms with van der Waals surface area (Å²) in [7, 11) is 1.59. The quantitative estimate of drug-likeness (QED) is 0.805. The van der Waals surface area contributed by atoms with Crippen molar-refractivity contribution in [2.75, 3.05) is 12.8 Å². The molecule has 0 saturated carbocycles. The standard InChI is InChI=1S/C14H13ClN4O/c1-20-13-6-9(4-5-17-13)8-19-12-3-2-10(15)7-11(12)18-14(19)16/h2-7H,8H2,1H3,(H2,16,18). The van der Waals surface area contributed by atoms with Crippen LogP contribution in [0.25, 0.3) is 11.0 Å². The molecule has 0 aliphatic heterocycles. The number of nitrogen functional groups attached to an aromatic ring is 1. The van der Waals surface area contributed by atoms with E-state index in [1.54, 1.807) is 19.4 Å². The molecule has 0 unspecified atom stereocenters. The van der Waals surface area contributed by atoms with Crippen molar-refractivity contribution in [1.29, 1.82) is 0 Å². The third kappa shape index (κ3) is 2.28. The highest BCUT2D eigenvalue weighted by molar-refractivity contribution is 6.31. The number of nitrogens with two attached hydrogens (primary N) is 1. The number of imidazole rings is 1. The summed E-state index contributed by atoms with van der Waals surface area (Å²) in [4.78, 5) is 8.41. The van der Waals surface area contributed by atoms with Crippen molar-refractivity contribution in [2.24, 2.45) is 0 Å². The number of benzene rings is 1. The molecule has 2 N–H and O–H groups in total. The van der Waals surface area contributed by atoms with Crippen molar-refractivity contribution in [1.82, 2.24) is 14.5 Å². The van der Waals surface area contributed by atoms with Crippen molar-refractivity contribution >= 4 is 28.6 Å². The van der Waals surface area contributed by atoms with Crippen LogP contribution in [0.3, 0.4) is 0 Å². The minimum Gasteiger partial charge on any atom is -0.481 e. The van der Waals surface area contributed by atoms with Crippen LogP contribution in [0.2, 0.25) is 5.02 Å². The predicted octanol–water partition coefficient (Wildman–Crippen LogP) is 2.72. The van der Waals surface area contributed by atoms with Crippen molar-refractivity contribution in [3.8, 4) is 5.88 Å². The summed E-state index contributed by atoms with van der Waals surface area (Å²) in [5, 5.41) is 0.646. The largest absolute Gasteiger partial charge is 0.481 e. The Morgan fingerprint density at radius 2 is 2.15 bits per heavy atom. The van der Waals surface area contributed by atoms with Gasteiger partial charge >= 0.3 is 0 Å². The van der Waals surface area contributed by atoms with Gasteiger partial charge in [0.15, 0.2) is 0 Å². The van der Waals surface area contributed by atoms with Crippen molar-refractivity contribution in [3.63, 3.8) is 0 Å². The SMILES string of the molecule is COc1cc(Cn2c(N)nc3cc(Cl)ccc32)ccn1. The lowest BCUT2D eigenvalue weighted by atomic mass is 10.2. The second-order valence-corrected chi connectivity index (χ2v) is 4.83. The first-order chi connectivity index (χ1) is 9.67. The summed E-state index contributed by atoms with van der Waals surface area (Å²) in [6, 6.07) is 9.34. The molecule has 0 spiro atoms. The molecule has 0 radical (unpaired) electrons. The molecule has 2 aromatic heterocycles. The third-order valence-corrected chi connectivity index (χ3v) is 3.32. The van der Waals surface area contributed by atoms with Crippen molar-refractivity contribution in [2.45, 2.75) is 6.54 Å². The number of rotatable bonds is 3. The smallest absolute Gasteiger partial charge is 0.213 e.